The van der Waals surface area contributed by atoms with E-state index in [9.17, 15) is 9.18 Å². The molecule has 0 radical (unpaired) electrons. The Kier molecular flexibility index (Phi) is 3.37. The highest BCUT2D eigenvalue weighted by molar-refractivity contribution is 5.99. The van der Waals surface area contributed by atoms with Crippen molar-refractivity contribution in [2.75, 3.05) is 11.1 Å². The first kappa shape index (κ1) is 12.9. The van der Waals surface area contributed by atoms with E-state index in [2.05, 4.69) is 10.4 Å². The summed E-state index contributed by atoms with van der Waals surface area (Å²) in [4.78, 5) is 11.2. The first-order valence-corrected chi connectivity index (χ1v) is 5.69. The van der Waals surface area contributed by atoms with Crippen molar-refractivity contribution < 1.29 is 9.18 Å². The maximum Gasteiger partial charge on any atom is 0.250 e. The van der Waals surface area contributed by atoms with Gasteiger partial charge in [0.1, 0.15) is 5.82 Å². The summed E-state index contributed by atoms with van der Waals surface area (Å²) in [7, 11) is 0. The number of anilines is 3. The number of nitrogens with one attached hydrogen (secondary N) is 1. The molecule has 2 rings (SSSR count). The molecule has 0 saturated heterocycles. The van der Waals surface area contributed by atoms with Crippen LogP contribution in [0.5, 0.6) is 0 Å². The number of primary amides is 1. The van der Waals surface area contributed by atoms with Gasteiger partial charge >= 0.3 is 0 Å². The molecule has 0 unspecified atom stereocenters. The number of aromatic nitrogens is 2. The zero-order valence-electron chi connectivity index (χ0n) is 10.4. The molecule has 7 heteroatoms. The monoisotopic (exact) mass is 263 g/mol. The number of rotatable bonds is 4. The Hall–Kier alpha value is -2.57. The molecule has 5 N–H and O–H groups in total. The minimum atomic E-state index is -0.704. The van der Waals surface area contributed by atoms with Crippen LogP contribution < -0.4 is 16.8 Å². The molecule has 1 aromatic heterocycles. The number of carbonyl (C=O) groups excluding carboxylic acids is 1. The highest BCUT2D eigenvalue weighted by Crippen LogP contribution is 2.24. The van der Waals surface area contributed by atoms with E-state index in [-0.39, 0.29) is 16.9 Å². The Bertz CT molecular complexity index is 623. The number of benzene rings is 1. The molecule has 1 aromatic carbocycles. The van der Waals surface area contributed by atoms with Crippen LogP contribution in [0.25, 0.3) is 0 Å². The molecule has 1 amide bonds. The van der Waals surface area contributed by atoms with E-state index in [1.54, 1.807) is 17.1 Å². The highest BCUT2D eigenvalue weighted by Gasteiger charge is 2.12. The molecular weight excluding hydrogens is 249 g/mol. The minimum absolute atomic E-state index is 0.0137. The van der Waals surface area contributed by atoms with Crippen LogP contribution in [0, 0.1) is 5.82 Å². The number of hydrogen-bond acceptors (Lipinski definition) is 4. The van der Waals surface area contributed by atoms with E-state index >= 15 is 0 Å². The maximum atomic E-state index is 13.7. The molecule has 0 aliphatic carbocycles. The van der Waals surface area contributed by atoms with Gasteiger partial charge < -0.3 is 16.8 Å². The normalized spacial score (nSPS) is 10.4. The van der Waals surface area contributed by atoms with E-state index in [4.69, 9.17) is 11.5 Å². The lowest BCUT2D eigenvalue weighted by Gasteiger charge is -2.09. The summed E-state index contributed by atoms with van der Waals surface area (Å²) in [5.74, 6) is -1.27. The van der Waals surface area contributed by atoms with Gasteiger partial charge in [-0.2, -0.15) is 5.10 Å². The van der Waals surface area contributed by atoms with Crippen molar-refractivity contribution in [2.24, 2.45) is 5.73 Å². The van der Waals surface area contributed by atoms with Crippen LogP contribution >= 0.6 is 0 Å². The van der Waals surface area contributed by atoms with Crippen molar-refractivity contribution in [1.82, 2.24) is 9.78 Å². The third-order valence-electron chi connectivity index (χ3n) is 2.64. The lowest BCUT2D eigenvalue weighted by molar-refractivity contribution is 0.100. The predicted molar refractivity (Wildman–Crippen MR) is 70.5 cm³/mol. The van der Waals surface area contributed by atoms with Gasteiger partial charge in [0, 0.05) is 18.4 Å². The quantitative estimate of drug-likeness (QED) is 0.727. The van der Waals surface area contributed by atoms with Gasteiger partial charge in [-0.1, -0.05) is 0 Å². The standard InChI is InChI=1S/C12H14FN5O/c1-2-18-6-7(5-16-18)17-11-3-8(12(15)19)10(14)4-9(11)13/h3-6,17H,2,14H2,1H3,(H2,15,19). The fraction of sp³-hybridized carbons (Fsp3) is 0.167. The van der Waals surface area contributed by atoms with E-state index in [1.807, 2.05) is 6.92 Å². The number of nitrogens with zero attached hydrogens (tertiary/aromatic N) is 2. The molecule has 0 spiro atoms. The predicted octanol–water partition coefficient (Wildman–Crippen LogP) is 1.47. The number of nitrogens with two attached hydrogens (primary N) is 2. The summed E-state index contributed by atoms with van der Waals surface area (Å²) in [5, 5.41) is 6.88. The molecule has 0 saturated carbocycles. The van der Waals surface area contributed by atoms with Crippen LogP contribution in [-0.2, 0) is 6.54 Å². The number of aryl methyl sites for hydroxylation is 1. The Balaban J connectivity index is 2.34. The summed E-state index contributed by atoms with van der Waals surface area (Å²) in [6.45, 7) is 2.64. The average molecular weight is 263 g/mol. The van der Waals surface area contributed by atoms with Gasteiger partial charge in [-0.15, -0.1) is 0 Å². The Morgan fingerprint density at radius 1 is 1.53 bits per heavy atom. The van der Waals surface area contributed by atoms with Crippen LogP contribution in [0.2, 0.25) is 0 Å². The van der Waals surface area contributed by atoms with Crippen LogP contribution in [0.4, 0.5) is 21.5 Å². The van der Waals surface area contributed by atoms with Crippen molar-refractivity contribution in [3.63, 3.8) is 0 Å². The van der Waals surface area contributed by atoms with Crippen molar-refractivity contribution in [2.45, 2.75) is 13.5 Å². The largest absolute Gasteiger partial charge is 0.398 e. The molecule has 100 valence electrons. The van der Waals surface area contributed by atoms with Gasteiger partial charge in [-0.05, 0) is 19.1 Å². The van der Waals surface area contributed by atoms with Crippen molar-refractivity contribution in [1.29, 1.82) is 0 Å². The van der Waals surface area contributed by atoms with Crippen LogP contribution in [0.3, 0.4) is 0 Å². The zero-order chi connectivity index (χ0) is 14.0. The van der Waals surface area contributed by atoms with Gasteiger partial charge in [0.05, 0.1) is 23.1 Å². The second-order valence-electron chi connectivity index (χ2n) is 3.99. The minimum Gasteiger partial charge on any atom is -0.398 e. The lowest BCUT2D eigenvalue weighted by Crippen LogP contribution is -2.14. The molecule has 0 aliphatic heterocycles. The van der Waals surface area contributed by atoms with Crippen LogP contribution in [0.1, 0.15) is 17.3 Å². The molecule has 19 heavy (non-hydrogen) atoms. The fourth-order valence-electron chi connectivity index (χ4n) is 1.65. The van der Waals surface area contributed by atoms with Gasteiger partial charge in [-0.25, -0.2) is 4.39 Å². The summed E-state index contributed by atoms with van der Waals surface area (Å²) in [6.07, 6.45) is 3.28. The van der Waals surface area contributed by atoms with Crippen molar-refractivity contribution in [3.05, 3.63) is 35.9 Å². The Morgan fingerprint density at radius 3 is 2.84 bits per heavy atom. The van der Waals surface area contributed by atoms with Gasteiger partial charge in [0.15, 0.2) is 0 Å². The topological polar surface area (TPSA) is 99.0 Å². The summed E-state index contributed by atoms with van der Waals surface area (Å²) < 4.78 is 15.4. The summed E-state index contributed by atoms with van der Waals surface area (Å²) in [6, 6.07) is 2.35. The van der Waals surface area contributed by atoms with Crippen molar-refractivity contribution >= 4 is 23.0 Å². The molecule has 0 aliphatic rings. The highest BCUT2D eigenvalue weighted by atomic mass is 19.1. The second kappa shape index (κ2) is 4.97. The molecule has 0 bridgehead atoms. The number of halogens is 1. The number of amides is 1. The Morgan fingerprint density at radius 2 is 2.26 bits per heavy atom. The van der Waals surface area contributed by atoms with E-state index < -0.39 is 11.7 Å². The SMILES string of the molecule is CCn1cc(Nc2cc(C(N)=O)c(N)cc2F)cn1. The van der Waals surface area contributed by atoms with Gasteiger partial charge in [-0.3, -0.25) is 9.48 Å². The van der Waals surface area contributed by atoms with Crippen molar-refractivity contribution in [3.8, 4) is 0 Å². The average Bonchev–Trinajstić information content (AvgIpc) is 2.80. The van der Waals surface area contributed by atoms with Gasteiger partial charge in [0.2, 0.25) is 0 Å². The van der Waals surface area contributed by atoms with Crippen LogP contribution in [-0.4, -0.2) is 15.7 Å². The number of hydrogen-bond donors (Lipinski definition) is 3. The van der Waals surface area contributed by atoms with Gasteiger partial charge in [0.25, 0.3) is 5.91 Å². The smallest absolute Gasteiger partial charge is 0.250 e. The van der Waals surface area contributed by atoms with E-state index in [0.717, 1.165) is 6.07 Å². The number of carbonyl (C=O) groups is 1. The Labute approximate surface area is 109 Å². The fourth-order valence-corrected chi connectivity index (χ4v) is 1.65. The molecule has 2 aromatic rings. The third-order valence-corrected chi connectivity index (χ3v) is 2.64. The maximum absolute atomic E-state index is 13.7. The molecule has 6 nitrogen and oxygen atoms in total. The molecule has 0 fully saturated rings. The summed E-state index contributed by atoms with van der Waals surface area (Å²) >= 11 is 0. The molecule has 0 atom stereocenters. The first-order valence-electron chi connectivity index (χ1n) is 5.69. The molecular formula is C12H14FN5O. The third kappa shape index (κ3) is 2.65. The first-order chi connectivity index (χ1) is 9.01. The summed E-state index contributed by atoms with van der Waals surface area (Å²) in [5.41, 5.74) is 11.5. The second-order valence-corrected chi connectivity index (χ2v) is 3.99. The van der Waals surface area contributed by atoms with E-state index in [0.29, 0.717) is 12.2 Å². The van der Waals surface area contributed by atoms with E-state index in [1.165, 1.54) is 6.07 Å². The molecule has 1 heterocycles. The van der Waals surface area contributed by atoms with Crippen LogP contribution in [0.15, 0.2) is 24.5 Å². The zero-order valence-corrected chi connectivity index (χ0v) is 10.4. The lowest BCUT2D eigenvalue weighted by atomic mass is 10.1. The number of nitrogen functional groups attached to an aromatic ring is 1.